The lowest BCUT2D eigenvalue weighted by Gasteiger charge is -2.14. The van der Waals surface area contributed by atoms with E-state index in [1.807, 2.05) is 11.6 Å². The highest BCUT2D eigenvalue weighted by molar-refractivity contribution is 5.25. The van der Waals surface area contributed by atoms with Gasteiger partial charge < -0.3 is 5.11 Å². The van der Waals surface area contributed by atoms with Crippen LogP contribution in [-0.4, -0.2) is 26.5 Å². The van der Waals surface area contributed by atoms with Crippen molar-refractivity contribution in [2.75, 3.05) is 6.61 Å². The zero-order chi connectivity index (χ0) is 13.0. The molecule has 0 saturated heterocycles. The van der Waals surface area contributed by atoms with E-state index in [9.17, 15) is 5.11 Å². The predicted molar refractivity (Wildman–Crippen MR) is 70.4 cm³/mol. The molecule has 18 heavy (non-hydrogen) atoms. The maximum atomic E-state index is 9.55. The van der Waals surface area contributed by atoms with Gasteiger partial charge in [0.05, 0.1) is 6.61 Å². The van der Waals surface area contributed by atoms with Crippen LogP contribution in [0.25, 0.3) is 0 Å². The number of benzene rings is 1. The molecule has 1 aromatic carbocycles. The second-order valence-electron chi connectivity index (χ2n) is 4.49. The van der Waals surface area contributed by atoms with Crippen LogP contribution >= 0.6 is 0 Å². The molecule has 0 bridgehead atoms. The summed E-state index contributed by atoms with van der Waals surface area (Å²) in [6, 6.07) is 8.29. The van der Waals surface area contributed by atoms with Crippen LogP contribution in [0, 0.1) is 6.92 Å². The molecule has 1 aromatic heterocycles. The number of aromatic nitrogens is 3. The van der Waals surface area contributed by atoms with Gasteiger partial charge in [0.1, 0.15) is 12.2 Å². The lowest BCUT2D eigenvalue weighted by atomic mass is 9.95. The Morgan fingerprint density at radius 1 is 1.28 bits per heavy atom. The molecule has 0 amide bonds. The van der Waals surface area contributed by atoms with Crippen LogP contribution in [0.4, 0.5) is 0 Å². The fourth-order valence-corrected chi connectivity index (χ4v) is 2.06. The lowest BCUT2D eigenvalue weighted by molar-refractivity contribution is 0.262. The van der Waals surface area contributed by atoms with Crippen LogP contribution in [0.1, 0.15) is 29.8 Å². The summed E-state index contributed by atoms with van der Waals surface area (Å²) in [6.07, 6.45) is 2.29. The maximum Gasteiger partial charge on any atom is 0.138 e. The summed E-state index contributed by atoms with van der Waals surface area (Å²) in [4.78, 5) is 4.26. The van der Waals surface area contributed by atoms with Gasteiger partial charge in [-0.2, -0.15) is 5.10 Å². The molecule has 2 aromatic rings. The summed E-state index contributed by atoms with van der Waals surface area (Å²) in [6.45, 7) is 5.03. The van der Waals surface area contributed by atoms with Crippen molar-refractivity contribution in [2.24, 2.45) is 0 Å². The first-order valence-corrected chi connectivity index (χ1v) is 6.28. The van der Waals surface area contributed by atoms with Crippen LogP contribution in [0.5, 0.6) is 0 Å². The molecule has 1 unspecified atom stereocenters. The van der Waals surface area contributed by atoms with Crippen molar-refractivity contribution < 1.29 is 5.11 Å². The zero-order valence-corrected chi connectivity index (χ0v) is 10.9. The number of hydrogen-bond acceptors (Lipinski definition) is 3. The Kier molecular flexibility index (Phi) is 4.10. The predicted octanol–water partition coefficient (Wildman–Crippen LogP) is 1.93. The highest BCUT2D eigenvalue weighted by Crippen LogP contribution is 2.20. The summed E-state index contributed by atoms with van der Waals surface area (Å²) in [5.41, 5.74) is 2.38. The Balaban J connectivity index is 2.17. The van der Waals surface area contributed by atoms with E-state index in [0.717, 1.165) is 17.9 Å². The molecule has 0 saturated carbocycles. The zero-order valence-electron chi connectivity index (χ0n) is 10.9. The molecule has 0 fully saturated rings. The quantitative estimate of drug-likeness (QED) is 0.875. The van der Waals surface area contributed by atoms with Crippen molar-refractivity contribution in [1.29, 1.82) is 0 Å². The van der Waals surface area contributed by atoms with E-state index in [1.54, 1.807) is 6.33 Å². The second kappa shape index (κ2) is 5.78. The Labute approximate surface area is 107 Å². The molecule has 2 rings (SSSR count). The minimum atomic E-state index is 0.0834. The van der Waals surface area contributed by atoms with Gasteiger partial charge in [-0.25, -0.2) is 4.98 Å². The van der Waals surface area contributed by atoms with Crippen LogP contribution in [-0.2, 0) is 13.0 Å². The van der Waals surface area contributed by atoms with Gasteiger partial charge in [-0.05, 0) is 19.4 Å². The molecular formula is C14H19N3O. The van der Waals surface area contributed by atoms with E-state index < -0.39 is 0 Å². The van der Waals surface area contributed by atoms with Crippen molar-refractivity contribution in [3.63, 3.8) is 0 Å². The van der Waals surface area contributed by atoms with E-state index in [-0.39, 0.29) is 12.5 Å². The van der Waals surface area contributed by atoms with E-state index in [4.69, 9.17) is 0 Å². The molecule has 1 N–H and O–H groups in total. The Bertz CT molecular complexity index is 490. The second-order valence-corrected chi connectivity index (χ2v) is 4.49. The molecule has 96 valence electrons. The van der Waals surface area contributed by atoms with Crippen molar-refractivity contribution >= 4 is 0 Å². The van der Waals surface area contributed by atoms with Crippen molar-refractivity contribution in [2.45, 2.75) is 32.7 Å². The summed E-state index contributed by atoms with van der Waals surface area (Å²) >= 11 is 0. The van der Waals surface area contributed by atoms with E-state index in [1.165, 1.54) is 5.56 Å². The van der Waals surface area contributed by atoms with Gasteiger partial charge in [0.15, 0.2) is 0 Å². The number of rotatable bonds is 5. The average molecular weight is 245 g/mol. The fourth-order valence-electron chi connectivity index (χ4n) is 2.06. The van der Waals surface area contributed by atoms with Gasteiger partial charge in [-0.15, -0.1) is 0 Å². The molecule has 0 aliphatic carbocycles. The number of aryl methyl sites for hydroxylation is 2. The smallest absolute Gasteiger partial charge is 0.138 e. The molecule has 4 heteroatoms. The Morgan fingerprint density at radius 2 is 2.00 bits per heavy atom. The summed E-state index contributed by atoms with van der Waals surface area (Å²) in [5.74, 6) is 1.01. The third-order valence-corrected chi connectivity index (χ3v) is 3.19. The first-order chi connectivity index (χ1) is 8.74. The summed E-state index contributed by atoms with van der Waals surface area (Å²) in [7, 11) is 0. The standard InChI is InChI=1S/C14H19N3O/c1-3-17-14(15-10-16-17)8-13(9-18)12-6-4-11(2)5-7-12/h4-7,10,13,18H,3,8-9H2,1-2H3. The molecule has 0 spiro atoms. The number of nitrogens with zero attached hydrogens (tertiary/aromatic N) is 3. The first-order valence-electron chi connectivity index (χ1n) is 6.28. The van der Waals surface area contributed by atoms with Gasteiger partial charge in [0.2, 0.25) is 0 Å². The summed E-state index contributed by atoms with van der Waals surface area (Å²) in [5, 5.41) is 13.7. The van der Waals surface area contributed by atoms with Gasteiger partial charge in [-0.1, -0.05) is 29.8 Å². The molecular weight excluding hydrogens is 226 g/mol. The number of aliphatic hydroxyl groups excluding tert-OH is 1. The largest absolute Gasteiger partial charge is 0.396 e. The SMILES string of the molecule is CCn1ncnc1CC(CO)c1ccc(C)cc1. The third-order valence-electron chi connectivity index (χ3n) is 3.19. The first kappa shape index (κ1) is 12.8. The minimum Gasteiger partial charge on any atom is -0.396 e. The van der Waals surface area contributed by atoms with Crippen LogP contribution in [0.3, 0.4) is 0 Å². The molecule has 0 aliphatic rings. The Morgan fingerprint density at radius 3 is 2.61 bits per heavy atom. The van der Waals surface area contributed by atoms with Gasteiger partial charge in [0, 0.05) is 18.9 Å². The van der Waals surface area contributed by atoms with Crippen molar-refractivity contribution in [1.82, 2.24) is 14.8 Å². The third kappa shape index (κ3) is 2.76. The van der Waals surface area contributed by atoms with Gasteiger partial charge in [0.25, 0.3) is 0 Å². The monoisotopic (exact) mass is 245 g/mol. The van der Waals surface area contributed by atoms with Crippen molar-refractivity contribution in [3.05, 3.63) is 47.5 Å². The molecule has 4 nitrogen and oxygen atoms in total. The average Bonchev–Trinajstić information content (AvgIpc) is 2.84. The Hall–Kier alpha value is -1.68. The van der Waals surface area contributed by atoms with E-state index in [0.29, 0.717) is 6.42 Å². The molecule has 1 heterocycles. The maximum absolute atomic E-state index is 9.55. The van der Waals surface area contributed by atoms with Crippen LogP contribution in [0.2, 0.25) is 0 Å². The van der Waals surface area contributed by atoms with Gasteiger partial charge in [-0.3, -0.25) is 4.68 Å². The lowest BCUT2D eigenvalue weighted by Crippen LogP contribution is -2.12. The molecule has 0 aliphatic heterocycles. The van der Waals surface area contributed by atoms with E-state index >= 15 is 0 Å². The van der Waals surface area contributed by atoms with Gasteiger partial charge >= 0.3 is 0 Å². The highest BCUT2D eigenvalue weighted by atomic mass is 16.3. The highest BCUT2D eigenvalue weighted by Gasteiger charge is 2.14. The summed E-state index contributed by atoms with van der Waals surface area (Å²) < 4.78 is 1.87. The van der Waals surface area contributed by atoms with Crippen LogP contribution in [0.15, 0.2) is 30.6 Å². The minimum absolute atomic E-state index is 0.0834. The molecule has 1 atom stereocenters. The normalized spacial score (nSPS) is 12.6. The number of aliphatic hydroxyl groups is 1. The fraction of sp³-hybridized carbons (Fsp3) is 0.429. The van der Waals surface area contributed by atoms with Crippen LogP contribution < -0.4 is 0 Å². The topological polar surface area (TPSA) is 50.9 Å². The van der Waals surface area contributed by atoms with E-state index in [2.05, 4.69) is 41.3 Å². The molecule has 0 radical (unpaired) electrons. The van der Waals surface area contributed by atoms with Crippen molar-refractivity contribution in [3.8, 4) is 0 Å². The number of hydrogen-bond donors (Lipinski definition) is 1.